The van der Waals surface area contributed by atoms with Crippen LogP contribution in [0.5, 0.6) is 0 Å². The molecule has 1 aromatic rings. The van der Waals surface area contributed by atoms with Crippen molar-refractivity contribution >= 4 is 11.7 Å². The zero-order valence-electron chi connectivity index (χ0n) is 20.4. The van der Waals surface area contributed by atoms with E-state index in [4.69, 9.17) is 10.2 Å². The second kappa shape index (κ2) is 12.5. The van der Waals surface area contributed by atoms with Crippen LogP contribution < -0.4 is 10.6 Å². The van der Waals surface area contributed by atoms with E-state index in [1.54, 1.807) is 13.8 Å². The molecule has 2 unspecified atom stereocenters. The van der Waals surface area contributed by atoms with Gasteiger partial charge in [-0.05, 0) is 61.1 Å². The van der Waals surface area contributed by atoms with Gasteiger partial charge in [0.2, 0.25) is 0 Å². The van der Waals surface area contributed by atoms with Crippen molar-refractivity contribution in [3.8, 4) is 0 Å². The Hall–Kier alpha value is -3.43. The number of benzene rings is 1. The number of nitrogens with one attached hydrogen (secondary N) is 3. The summed E-state index contributed by atoms with van der Waals surface area (Å²) < 4.78 is 41.5. The topological polar surface area (TPSA) is 77.5 Å². The molecule has 6 nitrogen and oxygen atoms in total. The Morgan fingerprint density at radius 3 is 2.75 bits per heavy atom. The smallest absolute Gasteiger partial charge is 0.319 e. The minimum Gasteiger partial charge on any atom is -0.331 e. The summed E-state index contributed by atoms with van der Waals surface area (Å²) in [6, 6.07) is 2.08. The second-order valence-electron chi connectivity index (χ2n) is 8.82. The van der Waals surface area contributed by atoms with Gasteiger partial charge < -0.3 is 10.6 Å². The van der Waals surface area contributed by atoms with Crippen molar-refractivity contribution in [2.45, 2.75) is 45.0 Å². The highest BCUT2D eigenvalue weighted by molar-refractivity contribution is 6.12. The maximum atomic E-state index is 14.2. The predicted molar refractivity (Wildman–Crippen MR) is 134 cm³/mol. The first kappa shape index (κ1) is 27.2. The Labute approximate surface area is 209 Å². The Bertz CT molecular complexity index is 1130. The van der Waals surface area contributed by atoms with Crippen molar-refractivity contribution in [2.75, 3.05) is 13.1 Å². The molecule has 0 aromatic heterocycles. The number of allylic oxidation sites excluding steroid dienone is 7. The molecule has 2 aliphatic rings. The lowest BCUT2D eigenvalue weighted by Gasteiger charge is -2.19. The standard InChI is InChI=1S/C27H31F3N4O2/c1-17(2)23(30)15-34-16-24(26(36-34)20-11-12-21(28)22(29)13-20)33-27(35)32-14-18(3)25(31)19-9-7-5-4-6-8-10-19/h5,7-14,23-24,26,31H,1,4,6,15-16H2,2-3H3,(H2,32,33,35)/b7-5-,10-8?,18-14+,19-9?,31-25?/t23?,24?,26-/m0/s1. The molecule has 1 aliphatic heterocycles. The van der Waals surface area contributed by atoms with Gasteiger partial charge in [0.05, 0.1) is 18.3 Å². The first-order valence-corrected chi connectivity index (χ1v) is 11.7. The minimum atomic E-state index is -1.36. The Morgan fingerprint density at radius 1 is 1.28 bits per heavy atom. The maximum Gasteiger partial charge on any atom is 0.319 e. The van der Waals surface area contributed by atoms with Crippen LogP contribution in [0.15, 0.2) is 78.1 Å². The van der Waals surface area contributed by atoms with Crippen molar-refractivity contribution in [2.24, 2.45) is 0 Å². The molecule has 36 heavy (non-hydrogen) atoms. The summed E-state index contributed by atoms with van der Waals surface area (Å²) in [4.78, 5) is 18.5. The fourth-order valence-electron chi connectivity index (χ4n) is 3.72. The molecule has 0 bridgehead atoms. The average Bonchev–Trinajstić information content (AvgIpc) is 3.20. The predicted octanol–water partition coefficient (Wildman–Crippen LogP) is 5.59. The molecule has 1 aliphatic carbocycles. The van der Waals surface area contributed by atoms with Gasteiger partial charge in [-0.3, -0.25) is 10.2 Å². The van der Waals surface area contributed by atoms with Crippen molar-refractivity contribution in [1.29, 1.82) is 5.41 Å². The summed E-state index contributed by atoms with van der Waals surface area (Å²) in [5.41, 5.74) is 2.15. The van der Waals surface area contributed by atoms with Gasteiger partial charge in [0, 0.05) is 12.7 Å². The van der Waals surface area contributed by atoms with Crippen LogP contribution >= 0.6 is 0 Å². The average molecular weight is 501 g/mol. The number of amides is 2. The molecule has 192 valence electrons. The van der Waals surface area contributed by atoms with Gasteiger partial charge in [0.1, 0.15) is 12.3 Å². The van der Waals surface area contributed by atoms with Gasteiger partial charge in [-0.1, -0.05) is 43.0 Å². The van der Waals surface area contributed by atoms with E-state index in [0.29, 0.717) is 16.7 Å². The summed E-state index contributed by atoms with van der Waals surface area (Å²) in [6.07, 6.45) is 10.7. The summed E-state index contributed by atoms with van der Waals surface area (Å²) in [7, 11) is 0. The van der Waals surface area contributed by atoms with Crippen LogP contribution in [0.2, 0.25) is 0 Å². The lowest BCUT2D eigenvalue weighted by Crippen LogP contribution is -2.44. The van der Waals surface area contributed by atoms with E-state index in [-0.39, 0.29) is 18.8 Å². The zero-order chi connectivity index (χ0) is 26.2. The van der Waals surface area contributed by atoms with Gasteiger partial charge in [-0.15, -0.1) is 0 Å². The molecule has 3 atom stereocenters. The molecule has 1 heterocycles. The highest BCUT2D eigenvalue weighted by Crippen LogP contribution is 2.31. The van der Waals surface area contributed by atoms with Gasteiger partial charge in [-0.25, -0.2) is 18.0 Å². The van der Waals surface area contributed by atoms with Crippen molar-refractivity contribution < 1.29 is 22.8 Å². The summed E-state index contributed by atoms with van der Waals surface area (Å²) in [5.74, 6) is -2.05. The molecular weight excluding hydrogens is 469 g/mol. The van der Waals surface area contributed by atoms with E-state index in [9.17, 15) is 18.0 Å². The summed E-state index contributed by atoms with van der Waals surface area (Å²) in [6.45, 7) is 6.86. The van der Waals surface area contributed by atoms with Crippen LogP contribution in [0.3, 0.4) is 0 Å². The SMILES string of the molecule is C=C(C)C(F)CN1CC(NC(=O)N/C=C(\C)C(=N)C2=C/C=C\CCC=C2)[C@H](c2ccc(F)c(F)c2)O1. The number of carbonyl (C=O) groups is 1. The number of halogens is 3. The number of carbonyl (C=O) groups excluding carboxylic acids is 1. The normalized spacial score (nSPS) is 22.2. The lowest BCUT2D eigenvalue weighted by molar-refractivity contribution is -0.154. The van der Waals surface area contributed by atoms with Crippen LogP contribution in [0.1, 0.15) is 38.4 Å². The van der Waals surface area contributed by atoms with Crippen LogP contribution in [0.25, 0.3) is 0 Å². The van der Waals surface area contributed by atoms with Crippen LogP contribution in [-0.4, -0.2) is 42.1 Å². The molecule has 3 N–H and O–H groups in total. The molecule has 1 saturated heterocycles. The molecule has 2 amide bonds. The second-order valence-corrected chi connectivity index (χ2v) is 8.82. The fourth-order valence-corrected chi connectivity index (χ4v) is 3.72. The van der Waals surface area contributed by atoms with Gasteiger partial charge in [-0.2, -0.15) is 5.06 Å². The summed E-state index contributed by atoms with van der Waals surface area (Å²) >= 11 is 0. The summed E-state index contributed by atoms with van der Waals surface area (Å²) in [5, 5.41) is 15.1. The quantitative estimate of drug-likeness (QED) is 0.322. The number of hydrogen-bond acceptors (Lipinski definition) is 4. The number of hydroxylamine groups is 2. The van der Waals surface area contributed by atoms with Crippen LogP contribution in [0.4, 0.5) is 18.0 Å². The first-order chi connectivity index (χ1) is 17.2. The largest absolute Gasteiger partial charge is 0.331 e. The third-order valence-corrected chi connectivity index (χ3v) is 5.83. The van der Waals surface area contributed by atoms with Crippen LogP contribution in [-0.2, 0) is 4.84 Å². The first-order valence-electron chi connectivity index (χ1n) is 11.7. The Kier molecular flexibility index (Phi) is 9.44. The van der Waals surface area contributed by atoms with E-state index in [1.807, 2.05) is 30.4 Å². The molecule has 9 heteroatoms. The van der Waals surface area contributed by atoms with E-state index in [0.717, 1.165) is 30.5 Å². The van der Waals surface area contributed by atoms with Crippen molar-refractivity contribution in [3.63, 3.8) is 0 Å². The van der Waals surface area contributed by atoms with Crippen molar-refractivity contribution in [3.05, 3.63) is 95.3 Å². The number of rotatable bonds is 8. The molecule has 1 aromatic carbocycles. The molecule has 1 fully saturated rings. The molecule has 0 saturated carbocycles. The number of alkyl halides is 1. The third-order valence-electron chi connectivity index (χ3n) is 5.83. The maximum absolute atomic E-state index is 14.2. The molecular formula is C27H31F3N4O2. The molecule has 0 radical (unpaired) electrons. The van der Waals surface area contributed by atoms with E-state index in [1.165, 1.54) is 17.3 Å². The van der Waals surface area contributed by atoms with Crippen molar-refractivity contribution in [1.82, 2.24) is 15.7 Å². The zero-order valence-corrected chi connectivity index (χ0v) is 20.4. The number of urea groups is 1. The minimum absolute atomic E-state index is 0.118. The monoisotopic (exact) mass is 500 g/mol. The third kappa shape index (κ3) is 7.29. The van der Waals surface area contributed by atoms with E-state index < -0.39 is 36.0 Å². The fraction of sp³-hybridized carbons (Fsp3) is 0.333. The van der Waals surface area contributed by atoms with E-state index >= 15 is 0 Å². The van der Waals surface area contributed by atoms with E-state index in [2.05, 4.69) is 17.2 Å². The highest BCUT2D eigenvalue weighted by Gasteiger charge is 2.37. The van der Waals surface area contributed by atoms with Gasteiger partial charge >= 0.3 is 6.03 Å². The number of nitrogens with zero attached hydrogens (tertiary/aromatic N) is 1. The Morgan fingerprint density at radius 2 is 2.03 bits per heavy atom. The van der Waals surface area contributed by atoms with Gasteiger partial charge in [0.25, 0.3) is 0 Å². The highest BCUT2D eigenvalue weighted by atomic mass is 19.2. The number of hydrogen-bond donors (Lipinski definition) is 3. The van der Waals surface area contributed by atoms with Crippen LogP contribution in [0, 0.1) is 17.0 Å². The Balaban J connectivity index is 1.70. The lowest BCUT2D eigenvalue weighted by atomic mass is 10.0. The molecule has 3 rings (SSSR count). The van der Waals surface area contributed by atoms with Gasteiger partial charge in [0.15, 0.2) is 11.6 Å². The molecule has 0 spiro atoms.